The van der Waals surface area contributed by atoms with Crippen molar-refractivity contribution in [3.63, 3.8) is 0 Å². The molecule has 0 atom stereocenters. The van der Waals surface area contributed by atoms with Crippen molar-refractivity contribution in [3.05, 3.63) is 47.5 Å². The SMILES string of the molecule is Cc1nc(CS(=O)(=O)c2ccc(OCCCC(=O)OC(C)(C)C)cc2)ncc1C(=O)NCCOCCOCC(=O)NCCOCCOCC(=O)O. The lowest BCUT2D eigenvalue weighted by Crippen LogP contribution is -2.31. The second-order valence-electron chi connectivity index (χ2n) is 11.9. The Morgan fingerprint density at radius 3 is 2.04 bits per heavy atom. The molecule has 2 aromatic rings. The van der Waals surface area contributed by atoms with Crippen LogP contribution >= 0.6 is 0 Å². The van der Waals surface area contributed by atoms with Crippen molar-refractivity contribution in [1.29, 1.82) is 0 Å². The number of esters is 1. The van der Waals surface area contributed by atoms with E-state index in [9.17, 15) is 27.6 Å². The van der Waals surface area contributed by atoms with Crippen molar-refractivity contribution in [3.8, 4) is 5.75 Å². The number of aromatic nitrogens is 2. The third-order valence-electron chi connectivity index (χ3n) is 6.29. The van der Waals surface area contributed by atoms with E-state index in [1.165, 1.54) is 30.5 Å². The number of ether oxygens (including phenoxy) is 6. The highest BCUT2D eigenvalue weighted by Gasteiger charge is 2.20. The molecule has 51 heavy (non-hydrogen) atoms. The van der Waals surface area contributed by atoms with E-state index >= 15 is 0 Å². The maximum Gasteiger partial charge on any atom is 0.329 e. The Balaban J connectivity index is 1.62. The molecule has 0 aliphatic rings. The molecule has 1 heterocycles. The number of carbonyl (C=O) groups excluding carboxylic acids is 3. The maximum absolute atomic E-state index is 13.0. The molecule has 17 nitrogen and oxygen atoms in total. The summed E-state index contributed by atoms with van der Waals surface area (Å²) in [5, 5.41) is 13.7. The van der Waals surface area contributed by atoms with E-state index in [-0.39, 0.29) is 101 Å². The van der Waals surface area contributed by atoms with Crippen LogP contribution in [0, 0.1) is 6.92 Å². The van der Waals surface area contributed by atoms with Gasteiger partial charge in [-0.2, -0.15) is 0 Å². The van der Waals surface area contributed by atoms with Gasteiger partial charge in [-0.25, -0.2) is 23.2 Å². The van der Waals surface area contributed by atoms with Gasteiger partial charge in [0.05, 0.1) is 62.4 Å². The molecule has 3 N–H and O–H groups in total. The van der Waals surface area contributed by atoms with Crippen LogP contribution in [0.4, 0.5) is 0 Å². The summed E-state index contributed by atoms with van der Waals surface area (Å²) in [6, 6.07) is 5.91. The smallest absolute Gasteiger partial charge is 0.329 e. The Labute approximate surface area is 297 Å². The van der Waals surface area contributed by atoms with E-state index in [0.717, 1.165) is 0 Å². The fourth-order valence-corrected chi connectivity index (χ4v) is 5.21. The van der Waals surface area contributed by atoms with Gasteiger partial charge in [0.2, 0.25) is 5.91 Å². The number of nitrogens with zero attached hydrogens (tertiary/aromatic N) is 2. The monoisotopic (exact) mass is 740 g/mol. The number of hydrogen-bond donors (Lipinski definition) is 3. The number of carbonyl (C=O) groups is 4. The van der Waals surface area contributed by atoms with Crippen LogP contribution in [0.15, 0.2) is 35.4 Å². The van der Waals surface area contributed by atoms with Gasteiger partial charge in [-0.05, 0) is 58.4 Å². The lowest BCUT2D eigenvalue weighted by atomic mass is 10.2. The van der Waals surface area contributed by atoms with Gasteiger partial charge in [0, 0.05) is 25.7 Å². The third-order valence-corrected chi connectivity index (χ3v) is 7.92. The fourth-order valence-electron chi connectivity index (χ4n) is 4.01. The molecule has 284 valence electrons. The number of aryl methyl sites for hydroxylation is 1. The van der Waals surface area contributed by atoms with Crippen molar-refractivity contribution in [1.82, 2.24) is 20.6 Å². The molecule has 0 aliphatic heterocycles. The normalized spacial score (nSPS) is 11.5. The van der Waals surface area contributed by atoms with Gasteiger partial charge < -0.3 is 44.2 Å². The predicted octanol–water partition coefficient (Wildman–Crippen LogP) is 1.26. The number of carboxylic acids is 1. The highest BCUT2D eigenvalue weighted by Crippen LogP contribution is 2.20. The minimum Gasteiger partial charge on any atom is -0.494 e. The minimum absolute atomic E-state index is 0.0388. The molecule has 18 heteroatoms. The molecule has 0 saturated heterocycles. The van der Waals surface area contributed by atoms with E-state index in [1.807, 2.05) is 0 Å². The van der Waals surface area contributed by atoms with E-state index in [4.69, 9.17) is 33.5 Å². The lowest BCUT2D eigenvalue weighted by molar-refractivity contribution is -0.155. The van der Waals surface area contributed by atoms with Crippen LogP contribution in [0.2, 0.25) is 0 Å². The summed E-state index contributed by atoms with van der Waals surface area (Å²) in [7, 11) is -3.79. The van der Waals surface area contributed by atoms with Crippen LogP contribution in [-0.4, -0.2) is 125 Å². The minimum atomic E-state index is -3.79. The first-order chi connectivity index (χ1) is 24.2. The van der Waals surface area contributed by atoms with Crippen molar-refractivity contribution in [2.45, 2.75) is 56.8 Å². The van der Waals surface area contributed by atoms with Gasteiger partial charge in [-0.3, -0.25) is 14.4 Å². The van der Waals surface area contributed by atoms with Crippen molar-refractivity contribution >= 4 is 33.6 Å². The van der Waals surface area contributed by atoms with Gasteiger partial charge in [0.15, 0.2) is 9.84 Å². The largest absolute Gasteiger partial charge is 0.494 e. The zero-order valence-electron chi connectivity index (χ0n) is 29.4. The summed E-state index contributed by atoms with van der Waals surface area (Å²) in [5.41, 5.74) is -0.0484. The molecule has 0 unspecified atom stereocenters. The zero-order chi connectivity index (χ0) is 37.7. The van der Waals surface area contributed by atoms with Gasteiger partial charge >= 0.3 is 11.9 Å². The maximum atomic E-state index is 13.0. The second-order valence-corrected chi connectivity index (χ2v) is 13.9. The van der Waals surface area contributed by atoms with Crippen LogP contribution in [0.1, 0.15) is 55.5 Å². The highest BCUT2D eigenvalue weighted by atomic mass is 32.2. The number of carboxylic acid groups (broad SMARTS) is 1. The van der Waals surface area contributed by atoms with Crippen LogP contribution in [0.3, 0.4) is 0 Å². The molecule has 0 radical (unpaired) electrons. The van der Waals surface area contributed by atoms with E-state index < -0.39 is 39.7 Å². The Kier molecular flexibility index (Phi) is 19.0. The Morgan fingerprint density at radius 1 is 0.824 bits per heavy atom. The fraction of sp³-hybridized carbons (Fsp3) is 0.576. The first-order valence-electron chi connectivity index (χ1n) is 16.2. The number of hydrogen-bond acceptors (Lipinski definition) is 14. The van der Waals surface area contributed by atoms with E-state index in [1.54, 1.807) is 27.7 Å². The summed E-state index contributed by atoms with van der Waals surface area (Å²) in [6.07, 6.45) is 1.93. The van der Waals surface area contributed by atoms with Crippen LogP contribution in [0.5, 0.6) is 5.75 Å². The lowest BCUT2D eigenvalue weighted by Gasteiger charge is -2.19. The Bertz CT molecular complexity index is 1510. The Morgan fingerprint density at radius 2 is 1.43 bits per heavy atom. The number of amides is 2. The first kappa shape index (κ1) is 42.9. The number of benzene rings is 1. The molecule has 0 fully saturated rings. The molecule has 1 aromatic carbocycles. The van der Waals surface area contributed by atoms with Gasteiger partial charge in [-0.15, -0.1) is 0 Å². The number of aliphatic carboxylic acids is 1. The van der Waals surface area contributed by atoms with Crippen molar-refractivity contribution in [2.75, 3.05) is 72.6 Å². The quantitative estimate of drug-likeness (QED) is 0.0962. The first-order valence-corrected chi connectivity index (χ1v) is 17.9. The van der Waals surface area contributed by atoms with Gasteiger partial charge in [0.1, 0.15) is 36.1 Å². The molecule has 1 aromatic heterocycles. The summed E-state index contributed by atoms with van der Waals surface area (Å²) in [5.74, 6) is -2.12. The zero-order valence-corrected chi connectivity index (χ0v) is 30.3. The summed E-state index contributed by atoms with van der Waals surface area (Å²) in [6.45, 7) is 8.24. The molecular formula is C33H48N4O13S. The number of nitrogens with one attached hydrogen (secondary N) is 2. The van der Waals surface area contributed by atoms with Crippen LogP contribution in [0.25, 0.3) is 0 Å². The average molecular weight is 741 g/mol. The average Bonchev–Trinajstić information content (AvgIpc) is 3.04. The predicted molar refractivity (Wildman–Crippen MR) is 181 cm³/mol. The third kappa shape index (κ3) is 19.1. The van der Waals surface area contributed by atoms with Gasteiger partial charge in [0.25, 0.3) is 5.91 Å². The van der Waals surface area contributed by atoms with E-state index in [2.05, 4.69) is 20.6 Å². The molecule has 0 saturated carbocycles. The molecule has 2 amide bonds. The van der Waals surface area contributed by atoms with Crippen molar-refractivity contribution in [2.24, 2.45) is 0 Å². The summed E-state index contributed by atoms with van der Waals surface area (Å²) >= 11 is 0. The Hall–Kier alpha value is -4.23. The topological polar surface area (TPSA) is 228 Å². The summed E-state index contributed by atoms with van der Waals surface area (Å²) < 4.78 is 57.5. The highest BCUT2D eigenvalue weighted by molar-refractivity contribution is 7.90. The standard InChI is InChI=1S/C33H48N4O13S/c1-24-27(32(42)35-12-15-46-16-18-47-21-29(38)34-11-14-45-17-19-48-22-30(39)40)20-36-28(37-24)23-51(43,44)26-9-7-25(8-10-26)49-13-5-6-31(41)50-33(2,3)4/h7-10,20H,5-6,11-19,21-23H2,1-4H3,(H,34,38)(H,35,42)(H,39,40). The molecule has 0 aliphatic carbocycles. The summed E-state index contributed by atoms with van der Waals surface area (Å²) in [4.78, 5) is 54.8. The van der Waals surface area contributed by atoms with Crippen LogP contribution in [-0.2, 0) is 53.7 Å². The molecule has 0 bridgehead atoms. The van der Waals surface area contributed by atoms with Crippen molar-refractivity contribution < 1.29 is 61.1 Å². The number of sulfone groups is 1. The molecular weight excluding hydrogens is 692 g/mol. The molecule has 2 rings (SSSR count). The van der Waals surface area contributed by atoms with Crippen LogP contribution < -0.4 is 15.4 Å². The number of rotatable bonds is 25. The second kappa shape index (κ2) is 22.6. The van der Waals surface area contributed by atoms with E-state index in [0.29, 0.717) is 17.9 Å². The molecule has 0 spiro atoms. The van der Waals surface area contributed by atoms with Gasteiger partial charge in [-0.1, -0.05) is 0 Å².